The van der Waals surface area contributed by atoms with Gasteiger partial charge in [-0.2, -0.15) is 0 Å². The first-order chi connectivity index (χ1) is 14.4. The molecule has 3 rings (SSSR count). The SMILES string of the molecule is CC[C@H]1CN(CC)C(=O)C(=O)N1C(=O)N[C@@H](C(=O)NC1CNC1=O)c1ccccc1. The van der Waals surface area contributed by atoms with E-state index in [0.29, 0.717) is 25.1 Å². The molecule has 1 unspecified atom stereocenters. The molecule has 1 aromatic rings. The normalized spacial score (nSPS) is 22.1. The summed E-state index contributed by atoms with van der Waals surface area (Å²) in [5.74, 6) is -2.54. The number of piperazine rings is 1. The average molecular weight is 415 g/mol. The molecule has 10 nitrogen and oxygen atoms in total. The van der Waals surface area contributed by atoms with Gasteiger partial charge in [0.1, 0.15) is 12.1 Å². The molecule has 160 valence electrons. The minimum Gasteiger partial charge on any atom is -0.352 e. The van der Waals surface area contributed by atoms with E-state index in [1.807, 2.05) is 6.92 Å². The van der Waals surface area contributed by atoms with Crippen molar-refractivity contribution in [2.45, 2.75) is 38.4 Å². The Kier molecular flexibility index (Phi) is 6.34. The van der Waals surface area contributed by atoms with Crippen molar-refractivity contribution in [2.24, 2.45) is 0 Å². The Morgan fingerprint density at radius 2 is 1.83 bits per heavy atom. The molecule has 0 bridgehead atoms. The average Bonchev–Trinajstić information content (AvgIpc) is 2.76. The second-order valence-electron chi connectivity index (χ2n) is 7.18. The molecule has 0 aliphatic carbocycles. The Labute approximate surface area is 174 Å². The van der Waals surface area contributed by atoms with Crippen molar-refractivity contribution in [1.82, 2.24) is 25.8 Å². The zero-order valence-electron chi connectivity index (χ0n) is 16.9. The van der Waals surface area contributed by atoms with Gasteiger partial charge in [0.2, 0.25) is 11.8 Å². The van der Waals surface area contributed by atoms with Crippen molar-refractivity contribution < 1.29 is 24.0 Å². The number of urea groups is 1. The highest BCUT2D eigenvalue weighted by Gasteiger charge is 2.42. The van der Waals surface area contributed by atoms with Crippen LogP contribution in [-0.2, 0) is 19.2 Å². The molecule has 2 heterocycles. The number of rotatable bonds is 6. The van der Waals surface area contributed by atoms with Gasteiger partial charge in [-0.3, -0.25) is 24.1 Å². The number of nitrogens with zero attached hydrogens (tertiary/aromatic N) is 2. The minimum atomic E-state index is -1.13. The summed E-state index contributed by atoms with van der Waals surface area (Å²) in [6.45, 7) is 4.51. The number of hydrogen-bond donors (Lipinski definition) is 3. The van der Waals surface area contributed by atoms with Gasteiger partial charge in [0.25, 0.3) is 0 Å². The quantitative estimate of drug-likeness (QED) is 0.427. The lowest BCUT2D eigenvalue weighted by Crippen LogP contribution is -2.65. The highest BCUT2D eigenvalue weighted by atomic mass is 16.2. The van der Waals surface area contributed by atoms with Crippen molar-refractivity contribution in [3.05, 3.63) is 35.9 Å². The monoisotopic (exact) mass is 415 g/mol. The van der Waals surface area contributed by atoms with Crippen molar-refractivity contribution in [3.8, 4) is 0 Å². The number of β-lactam (4-membered cyclic amide) rings is 1. The lowest BCUT2D eigenvalue weighted by atomic mass is 10.0. The van der Waals surface area contributed by atoms with E-state index in [0.717, 1.165) is 4.90 Å². The topological polar surface area (TPSA) is 128 Å². The van der Waals surface area contributed by atoms with E-state index in [1.54, 1.807) is 37.3 Å². The smallest absolute Gasteiger partial charge is 0.325 e. The Balaban J connectivity index is 1.81. The molecule has 10 heteroatoms. The highest BCUT2D eigenvalue weighted by Crippen LogP contribution is 2.19. The summed E-state index contributed by atoms with van der Waals surface area (Å²) in [5, 5.41) is 7.69. The van der Waals surface area contributed by atoms with E-state index in [9.17, 15) is 24.0 Å². The summed E-state index contributed by atoms with van der Waals surface area (Å²) in [6, 6.07) is 5.39. The molecule has 2 aliphatic rings. The third-order valence-electron chi connectivity index (χ3n) is 5.33. The Morgan fingerprint density at radius 1 is 1.13 bits per heavy atom. The Bertz CT molecular complexity index is 858. The van der Waals surface area contributed by atoms with Crippen molar-refractivity contribution in [1.29, 1.82) is 0 Å². The van der Waals surface area contributed by atoms with Gasteiger partial charge in [-0.1, -0.05) is 37.3 Å². The van der Waals surface area contributed by atoms with Crippen LogP contribution in [0.4, 0.5) is 4.79 Å². The predicted molar refractivity (Wildman–Crippen MR) is 106 cm³/mol. The van der Waals surface area contributed by atoms with E-state index in [4.69, 9.17) is 0 Å². The van der Waals surface area contributed by atoms with Crippen LogP contribution in [0.1, 0.15) is 31.9 Å². The molecule has 3 atom stereocenters. The van der Waals surface area contributed by atoms with E-state index in [-0.39, 0.29) is 12.5 Å². The number of carbonyl (C=O) groups is 5. The van der Waals surface area contributed by atoms with E-state index in [1.165, 1.54) is 4.90 Å². The molecule has 0 spiro atoms. The van der Waals surface area contributed by atoms with Crippen molar-refractivity contribution >= 4 is 29.7 Å². The van der Waals surface area contributed by atoms with Crippen LogP contribution in [-0.4, -0.2) is 71.2 Å². The molecule has 1 aromatic carbocycles. The Hall–Kier alpha value is -3.43. The molecule has 0 aromatic heterocycles. The van der Waals surface area contributed by atoms with Gasteiger partial charge in [0.15, 0.2) is 0 Å². The van der Waals surface area contributed by atoms with Gasteiger partial charge in [0, 0.05) is 19.6 Å². The molecular formula is C20H25N5O5. The minimum absolute atomic E-state index is 0.245. The van der Waals surface area contributed by atoms with Crippen LogP contribution < -0.4 is 16.0 Å². The largest absolute Gasteiger partial charge is 0.352 e. The van der Waals surface area contributed by atoms with Crippen LogP contribution in [0.3, 0.4) is 0 Å². The molecular weight excluding hydrogens is 390 g/mol. The van der Waals surface area contributed by atoms with E-state index < -0.39 is 41.9 Å². The molecule has 2 aliphatic heterocycles. The number of imide groups is 1. The zero-order chi connectivity index (χ0) is 21.8. The lowest BCUT2D eigenvalue weighted by molar-refractivity contribution is -0.156. The van der Waals surface area contributed by atoms with Crippen LogP contribution in [0.15, 0.2) is 30.3 Å². The van der Waals surface area contributed by atoms with Gasteiger partial charge in [-0.15, -0.1) is 0 Å². The number of hydrogen-bond acceptors (Lipinski definition) is 5. The standard InChI is InChI=1S/C20H25N5O5/c1-3-13-11-24(4-2)18(28)19(29)25(13)20(30)23-15(12-8-6-5-7-9-12)17(27)22-14-10-21-16(14)26/h5-9,13-15H,3-4,10-11H2,1-2H3,(H,21,26)(H,22,27)(H,23,30)/t13-,14?,15+/m0/s1. The van der Waals surface area contributed by atoms with Gasteiger partial charge in [-0.05, 0) is 18.9 Å². The number of nitrogens with one attached hydrogen (secondary N) is 3. The van der Waals surface area contributed by atoms with Gasteiger partial charge in [-0.25, -0.2) is 4.79 Å². The second kappa shape index (κ2) is 8.93. The summed E-state index contributed by atoms with van der Waals surface area (Å²) in [5.41, 5.74) is 0.488. The number of likely N-dealkylation sites (N-methyl/N-ethyl adjacent to an activating group) is 1. The first-order valence-corrected chi connectivity index (χ1v) is 9.93. The fourth-order valence-electron chi connectivity index (χ4n) is 3.46. The third kappa shape index (κ3) is 4.12. The predicted octanol–water partition coefficient (Wildman–Crippen LogP) is -0.479. The lowest BCUT2D eigenvalue weighted by Gasteiger charge is -2.39. The van der Waals surface area contributed by atoms with E-state index in [2.05, 4.69) is 16.0 Å². The number of amides is 6. The summed E-state index contributed by atoms with van der Waals surface area (Å²) >= 11 is 0. The molecule has 6 amide bonds. The van der Waals surface area contributed by atoms with Gasteiger partial charge >= 0.3 is 17.8 Å². The third-order valence-corrected chi connectivity index (χ3v) is 5.33. The number of benzene rings is 1. The molecule has 0 saturated carbocycles. The molecule has 2 fully saturated rings. The maximum atomic E-state index is 13.0. The first-order valence-electron chi connectivity index (χ1n) is 9.93. The maximum Gasteiger partial charge on any atom is 0.325 e. The molecule has 0 radical (unpaired) electrons. The second-order valence-corrected chi connectivity index (χ2v) is 7.18. The molecule has 3 N–H and O–H groups in total. The summed E-state index contributed by atoms with van der Waals surface area (Å²) in [6.07, 6.45) is 0.466. The van der Waals surface area contributed by atoms with Crippen LogP contribution in [0.2, 0.25) is 0 Å². The summed E-state index contributed by atoms with van der Waals surface area (Å²) in [4.78, 5) is 64.5. The van der Waals surface area contributed by atoms with Crippen LogP contribution in [0, 0.1) is 0 Å². The fourth-order valence-corrected chi connectivity index (χ4v) is 3.46. The molecule has 30 heavy (non-hydrogen) atoms. The summed E-state index contributed by atoms with van der Waals surface area (Å²) in [7, 11) is 0. The Morgan fingerprint density at radius 3 is 2.37 bits per heavy atom. The summed E-state index contributed by atoms with van der Waals surface area (Å²) < 4.78 is 0. The van der Waals surface area contributed by atoms with Gasteiger partial charge in [0.05, 0.1) is 6.04 Å². The van der Waals surface area contributed by atoms with Crippen LogP contribution in [0.25, 0.3) is 0 Å². The van der Waals surface area contributed by atoms with Crippen LogP contribution >= 0.6 is 0 Å². The first kappa shape index (κ1) is 21.3. The maximum absolute atomic E-state index is 13.0. The van der Waals surface area contributed by atoms with Crippen LogP contribution in [0.5, 0.6) is 0 Å². The van der Waals surface area contributed by atoms with Crippen molar-refractivity contribution in [2.75, 3.05) is 19.6 Å². The van der Waals surface area contributed by atoms with Crippen molar-refractivity contribution in [3.63, 3.8) is 0 Å². The fraction of sp³-hybridized carbons (Fsp3) is 0.450. The highest BCUT2D eigenvalue weighted by molar-refractivity contribution is 6.38. The molecule has 2 saturated heterocycles. The van der Waals surface area contributed by atoms with Gasteiger partial charge < -0.3 is 20.9 Å². The zero-order valence-corrected chi connectivity index (χ0v) is 16.9. The number of carbonyl (C=O) groups excluding carboxylic acids is 5. The van der Waals surface area contributed by atoms with E-state index >= 15 is 0 Å².